The minimum absolute atomic E-state index is 0.105. The Hall–Kier alpha value is -2.29. The predicted octanol–water partition coefficient (Wildman–Crippen LogP) is 5.37. The maximum Gasteiger partial charge on any atom is 0.261 e. The van der Waals surface area contributed by atoms with Gasteiger partial charge < -0.3 is 5.32 Å². The third kappa shape index (κ3) is 6.09. The second-order valence-corrected chi connectivity index (χ2v) is 10.2. The van der Waals surface area contributed by atoms with Gasteiger partial charge in [0.2, 0.25) is 5.91 Å². The smallest absolute Gasteiger partial charge is 0.261 e. The first-order chi connectivity index (χ1) is 13.8. The molecule has 3 rings (SSSR count). The van der Waals surface area contributed by atoms with Crippen molar-refractivity contribution in [3.8, 4) is 0 Å². The predicted molar refractivity (Wildman–Crippen MR) is 122 cm³/mol. The molecule has 29 heavy (non-hydrogen) atoms. The molecule has 3 aromatic rings. The summed E-state index contributed by atoms with van der Waals surface area (Å²) in [5.41, 5.74) is 1.20. The Morgan fingerprint density at radius 1 is 0.897 bits per heavy atom. The second-order valence-electron chi connectivity index (χ2n) is 6.20. The summed E-state index contributed by atoms with van der Waals surface area (Å²) in [5.74, 6) is -0.105. The lowest BCUT2D eigenvalue weighted by Gasteiger charge is -2.13. The molecular weight excluding hydrogens is 472 g/mol. The molecule has 0 aliphatic carbocycles. The number of halogens is 1. The molecule has 0 spiro atoms. The standard InChI is InChI=1S/C21H19BrN2O3S2/c1-15(21(25)23-17-9-7-16(22)8-10-17)28-19-13-11-18(12-14-19)24-29(26,27)20-5-3-2-4-6-20/h2-15,24H,1H3,(H,23,25). The largest absolute Gasteiger partial charge is 0.325 e. The molecule has 150 valence electrons. The van der Waals surface area contributed by atoms with Gasteiger partial charge in [0.25, 0.3) is 10.0 Å². The van der Waals surface area contributed by atoms with E-state index in [-0.39, 0.29) is 16.1 Å². The third-order valence-electron chi connectivity index (χ3n) is 3.95. The summed E-state index contributed by atoms with van der Waals surface area (Å²) in [7, 11) is -3.62. The van der Waals surface area contributed by atoms with E-state index in [1.807, 2.05) is 31.2 Å². The quantitative estimate of drug-likeness (QED) is 0.436. The van der Waals surface area contributed by atoms with Crippen LogP contribution in [0.5, 0.6) is 0 Å². The molecule has 5 nitrogen and oxygen atoms in total. The molecule has 1 amide bonds. The van der Waals surface area contributed by atoms with Crippen LogP contribution >= 0.6 is 27.7 Å². The van der Waals surface area contributed by atoms with Gasteiger partial charge in [0, 0.05) is 20.7 Å². The molecule has 0 saturated carbocycles. The lowest BCUT2D eigenvalue weighted by Crippen LogP contribution is -2.22. The number of sulfonamides is 1. The van der Waals surface area contributed by atoms with Crippen LogP contribution in [-0.4, -0.2) is 19.6 Å². The molecule has 0 aliphatic rings. The van der Waals surface area contributed by atoms with E-state index in [1.165, 1.54) is 23.9 Å². The van der Waals surface area contributed by atoms with Crippen molar-refractivity contribution in [2.24, 2.45) is 0 Å². The van der Waals surface area contributed by atoms with Crippen LogP contribution < -0.4 is 10.0 Å². The maximum absolute atomic E-state index is 12.4. The molecule has 0 radical (unpaired) electrons. The summed E-state index contributed by atoms with van der Waals surface area (Å²) in [6, 6.07) is 22.5. The maximum atomic E-state index is 12.4. The van der Waals surface area contributed by atoms with Crippen molar-refractivity contribution < 1.29 is 13.2 Å². The highest BCUT2D eigenvalue weighted by Gasteiger charge is 2.16. The van der Waals surface area contributed by atoms with E-state index >= 15 is 0 Å². The van der Waals surface area contributed by atoms with Crippen LogP contribution in [0.3, 0.4) is 0 Å². The van der Waals surface area contributed by atoms with Crippen molar-refractivity contribution in [1.29, 1.82) is 0 Å². The van der Waals surface area contributed by atoms with E-state index < -0.39 is 10.0 Å². The molecule has 0 aromatic heterocycles. The highest BCUT2D eigenvalue weighted by molar-refractivity contribution is 9.10. The number of hydrogen-bond acceptors (Lipinski definition) is 4. The summed E-state index contributed by atoms with van der Waals surface area (Å²) in [5, 5.41) is 2.56. The van der Waals surface area contributed by atoms with Crippen LogP contribution in [0.4, 0.5) is 11.4 Å². The van der Waals surface area contributed by atoms with Gasteiger partial charge in [-0.05, 0) is 67.6 Å². The molecule has 8 heteroatoms. The average Bonchev–Trinajstić information content (AvgIpc) is 2.71. The molecule has 3 aromatic carbocycles. The van der Waals surface area contributed by atoms with Gasteiger partial charge >= 0.3 is 0 Å². The number of amides is 1. The van der Waals surface area contributed by atoms with E-state index in [4.69, 9.17) is 0 Å². The van der Waals surface area contributed by atoms with Crippen LogP contribution in [0.15, 0.2) is 93.1 Å². The lowest BCUT2D eigenvalue weighted by atomic mass is 10.3. The second kappa shape index (κ2) is 9.47. The van der Waals surface area contributed by atoms with E-state index in [0.29, 0.717) is 5.69 Å². The SMILES string of the molecule is CC(Sc1ccc(NS(=O)(=O)c2ccccc2)cc1)C(=O)Nc1ccc(Br)cc1. The van der Waals surface area contributed by atoms with Crippen LogP contribution in [0, 0.1) is 0 Å². The summed E-state index contributed by atoms with van der Waals surface area (Å²) in [6.07, 6.45) is 0. The van der Waals surface area contributed by atoms with Crippen molar-refractivity contribution in [3.05, 3.63) is 83.3 Å². The minimum atomic E-state index is -3.62. The van der Waals surface area contributed by atoms with Crippen LogP contribution in [0.2, 0.25) is 0 Å². The first kappa shape index (κ1) is 21.4. The Morgan fingerprint density at radius 3 is 2.10 bits per heavy atom. The zero-order chi connectivity index (χ0) is 20.9. The summed E-state index contributed by atoms with van der Waals surface area (Å²) in [4.78, 5) is 13.4. The number of thioether (sulfide) groups is 1. The van der Waals surface area contributed by atoms with Gasteiger partial charge in [0.05, 0.1) is 10.1 Å². The topological polar surface area (TPSA) is 75.3 Å². The highest BCUT2D eigenvalue weighted by atomic mass is 79.9. The van der Waals surface area contributed by atoms with Crippen LogP contribution in [0.25, 0.3) is 0 Å². The Morgan fingerprint density at radius 2 is 1.48 bits per heavy atom. The van der Waals surface area contributed by atoms with Crippen LogP contribution in [0.1, 0.15) is 6.92 Å². The average molecular weight is 491 g/mol. The molecule has 0 bridgehead atoms. The van der Waals surface area contributed by atoms with E-state index in [1.54, 1.807) is 42.5 Å². The fourth-order valence-electron chi connectivity index (χ4n) is 2.45. The van der Waals surface area contributed by atoms with Gasteiger partial charge in [-0.1, -0.05) is 34.1 Å². The monoisotopic (exact) mass is 490 g/mol. The fraction of sp³-hybridized carbons (Fsp3) is 0.0952. The molecule has 1 atom stereocenters. The summed E-state index contributed by atoms with van der Waals surface area (Å²) in [6.45, 7) is 1.82. The molecule has 0 heterocycles. The summed E-state index contributed by atoms with van der Waals surface area (Å²) >= 11 is 4.76. The minimum Gasteiger partial charge on any atom is -0.325 e. The number of hydrogen-bond donors (Lipinski definition) is 2. The van der Waals surface area contributed by atoms with Crippen molar-refractivity contribution in [2.75, 3.05) is 10.0 Å². The van der Waals surface area contributed by atoms with E-state index in [2.05, 4.69) is 26.0 Å². The first-order valence-electron chi connectivity index (χ1n) is 8.74. The molecule has 0 saturated heterocycles. The zero-order valence-corrected chi connectivity index (χ0v) is 18.7. The van der Waals surface area contributed by atoms with Gasteiger partial charge in [-0.15, -0.1) is 11.8 Å². The number of carbonyl (C=O) groups excluding carboxylic acids is 1. The normalized spacial score (nSPS) is 12.2. The van der Waals surface area contributed by atoms with Gasteiger partial charge in [-0.2, -0.15) is 0 Å². The van der Waals surface area contributed by atoms with Crippen LogP contribution in [-0.2, 0) is 14.8 Å². The molecule has 0 fully saturated rings. The molecular formula is C21H19BrN2O3S2. The van der Waals surface area contributed by atoms with Crippen molar-refractivity contribution in [1.82, 2.24) is 0 Å². The Bertz CT molecular complexity index is 1070. The van der Waals surface area contributed by atoms with Crippen molar-refractivity contribution >= 4 is 55.0 Å². The number of carbonyl (C=O) groups is 1. The fourth-order valence-corrected chi connectivity index (χ4v) is 4.66. The van der Waals surface area contributed by atoms with Gasteiger partial charge in [-0.25, -0.2) is 8.42 Å². The van der Waals surface area contributed by atoms with Gasteiger partial charge in [0.1, 0.15) is 0 Å². The number of benzene rings is 3. The first-order valence-corrected chi connectivity index (χ1v) is 11.9. The molecule has 2 N–H and O–H groups in total. The Balaban J connectivity index is 1.59. The van der Waals surface area contributed by atoms with Crippen molar-refractivity contribution in [2.45, 2.75) is 22.0 Å². The van der Waals surface area contributed by atoms with Gasteiger partial charge in [0.15, 0.2) is 0 Å². The zero-order valence-electron chi connectivity index (χ0n) is 15.5. The highest BCUT2D eigenvalue weighted by Crippen LogP contribution is 2.26. The lowest BCUT2D eigenvalue weighted by molar-refractivity contribution is -0.115. The molecule has 0 aliphatic heterocycles. The summed E-state index contributed by atoms with van der Waals surface area (Å²) < 4.78 is 28.3. The number of rotatable bonds is 7. The number of nitrogens with one attached hydrogen (secondary N) is 2. The van der Waals surface area contributed by atoms with E-state index in [9.17, 15) is 13.2 Å². The Kier molecular flexibility index (Phi) is 7.00. The number of anilines is 2. The third-order valence-corrected chi connectivity index (χ3v) is 6.99. The van der Waals surface area contributed by atoms with Crippen molar-refractivity contribution in [3.63, 3.8) is 0 Å². The Labute approximate surface area is 183 Å². The van der Waals surface area contributed by atoms with Gasteiger partial charge in [-0.3, -0.25) is 9.52 Å². The molecule has 1 unspecified atom stereocenters. The van der Waals surface area contributed by atoms with E-state index in [0.717, 1.165) is 15.1 Å².